The molecule has 1 aromatic carbocycles. The van der Waals surface area contributed by atoms with Gasteiger partial charge in [-0.2, -0.15) is 0 Å². The number of carbonyl (C=O) groups is 1. The Morgan fingerprint density at radius 2 is 2.08 bits per heavy atom. The molecule has 0 unspecified atom stereocenters. The second-order valence-electron chi connectivity index (χ2n) is 10.5. The average Bonchev–Trinajstić information content (AvgIpc) is 3.49. The number of carbonyl (C=O) groups excluding carboxylic acids is 1. The van der Waals surface area contributed by atoms with Crippen LogP contribution >= 0.6 is 0 Å². The number of pyridine rings is 1. The maximum absolute atomic E-state index is 12.5. The molecule has 4 rings (SSSR count). The summed E-state index contributed by atoms with van der Waals surface area (Å²) in [7, 11) is 1.75. The minimum absolute atomic E-state index is 0.0292. The van der Waals surface area contributed by atoms with Crippen LogP contribution in [-0.4, -0.2) is 56.7 Å². The van der Waals surface area contributed by atoms with E-state index in [9.17, 15) is 14.7 Å². The molecule has 0 radical (unpaired) electrons. The van der Waals surface area contributed by atoms with Gasteiger partial charge in [-0.3, -0.25) is 14.9 Å². The molecule has 0 saturated carbocycles. The maximum atomic E-state index is 12.5. The van der Waals surface area contributed by atoms with E-state index in [0.29, 0.717) is 25.3 Å². The van der Waals surface area contributed by atoms with E-state index in [4.69, 9.17) is 14.5 Å². The second-order valence-corrected chi connectivity index (χ2v) is 10.5. The molecule has 0 amide bonds. The molecule has 3 atom stereocenters. The smallest absolute Gasteiger partial charge is 0.325 e. The van der Waals surface area contributed by atoms with Gasteiger partial charge < -0.3 is 23.7 Å². The number of aliphatic hydroxyl groups is 1. The van der Waals surface area contributed by atoms with Gasteiger partial charge in [-0.25, -0.2) is 4.98 Å². The van der Waals surface area contributed by atoms with Gasteiger partial charge in [-0.15, -0.1) is 0 Å². The second kappa shape index (κ2) is 11.6. The molecule has 0 aliphatic carbocycles. The van der Waals surface area contributed by atoms with E-state index < -0.39 is 18.1 Å². The Labute approximate surface area is 217 Å². The topological polar surface area (TPSA) is 108 Å². The molecule has 2 N–H and O–H groups in total. The number of ether oxygens (including phenoxy) is 2. The number of esters is 1. The van der Waals surface area contributed by atoms with E-state index in [1.165, 1.54) is 0 Å². The highest BCUT2D eigenvalue weighted by molar-refractivity contribution is 5.81. The van der Waals surface area contributed by atoms with Crippen molar-refractivity contribution in [3.8, 4) is 11.4 Å². The number of aryl methyl sites for hydroxylation is 2. The number of rotatable bonds is 10. The van der Waals surface area contributed by atoms with E-state index in [1.807, 2.05) is 51.2 Å². The molecular weight excluding hydrogens is 472 g/mol. The summed E-state index contributed by atoms with van der Waals surface area (Å²) < 4.78 is 15.0. The van der Waals surface area contributed by atoms with Crippen molar-refractivity contribution in [1.82, 2.24) is 19.4 Å². The minimum Gasteiger partial charge on any atom is -0.464 e. The van der Waals surface area contributed by atoms with Crippen molar-refractivity contribution in [2.24, 2.45) is 13.0 Å². The molecular formula is C28H38N4O5. The number of nitrogens with zero attached hydrogens (tertiary/aromatic N) is 3. The number of aliphatic hydroxyl groups excluding tert-OH is 1. The first-order chi connectivity index (χ1) is 17.6. The third kappa shape index (κ3) is 6.29. The Hall–Kier alpha value is -3.01. The fourth-order valence-corrected chi connectivity index (χ4v) is 4.70. The summed E-state index contributed by atoms with van der Waals surface area (Å²) in [6.07, 6.45) is 3.09. The van der Waals surface area contributed by atoms with Gasteiger partial charge in [0.05, 0.1) is 36.4 Å². The van der Waals surface area contributed by atoms with Crippen LogP contribution in [0.25, 0.3) is 22.4 Å². The first kappa shape index (κ1) is 27.0. The Morgan fingerprint density at radius 1 is 1.30 bits per heavy atom. The number of nitrogens with one attached hydrogen (secondary N) is 1. The van der Waals surface area contributed by atoms with Crippen LogP contribution in [0.15, 0.2) is 35.3 Å². The van der Waals surface area contributed by atoms with Crippen molar-refractivity contribution in [3.63, 3.8) is 0 Å². The zero-order valence-corrected chi connectivity index (χ0v) is 22.4. The predicted molar refractivity (Wildman–Crippen MR) is 142 cm³/mol. The molecule has 9 heteroatoms. The van der Waals surface area contributed by atoms with E-state index >= 15 is 0 Å². The highest BCUT2D eigenvalue weighted by Gasteiger charge is 2.25. The van der Waals surface area contributed by atoms with Crippen molar-refractivity contribution in [3.05, 3.63) is 51.9 Å². The van der Waals surface area contributed by atoms with Crippen LogP contribution in [0.5, 0.6) is 0 Å². The summed E-state index contributed by atoms with van der Waals surface area (Å²) in [5, 5.41) is 13.3. The molecule has 1 aliphatic heterocycles. The minimum atomic E-state index is -0.895. The van der Waals surface area contributed by atoms with Crippen LogP contribution in [0.1, 0.15) is 44.7 Å². The van der Waals surface area contributed by atoms with Crippen molar-refractivity contribution in [2.75, 3.05) is 13.2 Å². The summed E-state index contributed by atoms with van der Waals surface area (Å²) in [6, 6.07) is 7.08. The molecule has 2 aromatic heterocycles. The molecule has 200 valence electrons. The first-order valence-electron chi connectivity index (χ1n) is 13.0. The molecule has 0 bridgehead atoms. The molecule has 0 spiro atoms. The zero-order chi connectivity index (χ0) is 26.7. The summed E-state index contributed by atoms with van der Waals surface area (Å²) in [5.41, 5.74) is 4.22. The normalized spacial score (nSPS) is 17.4. The van der Waals surface area contributed by atoms with Crippen molar-refractivity contribution in [2.45, 2.75) is 71.9 Å². The molecule has 37 heavy (non-hydrogen) atoms. The largest absolute Gasteiger partial charge is 0.464 e. The van der Waals surface area contributed by atoms with Crippen LogP contribution in [0, 0.1) is 12.8 Å². The van der Waals surface area contributed by atoms with Crippen LogP contribution in [0.2, 0.25) is 0 Å². The highest BCUT2D eigenvalue weighted by atomic mass is 16.5. The first-order valence-corrected chi connectivity index (χ1v) is 13.0. The molecule has 1 saturated heterocycles. The van der Waals surface area contributed by atoms with Crippen molar-refractivity contribution < 1.29 is 19.4 Å². The molecule has 1 aliphatic rings. The third-order valence-corrected chi connectivity index (χ3v) is 6.66. The van der Waals surface area contributed by atoms with Gasteiger partial charge >= 0.3 is 5.97 Å². The predicted octanol–water partition coefficient (Wildman–Crippen LogP) is 2.93. The van der Waals surface area contributed by atoms with E-state index in [2.05, 4.69) is 9.88 Å². The van der Waals surface area contributed by atoms with Crippen molar-refractivity contribution >= 4 is 17.0 Å². The lowest BCUT2D eigenvalue weighted by Crippen LogP contribution is -2.45. The quantitative estimate of drug-likeness (QED) is 0.404. The monoisotopic (exact) mass is 510 g/mol. The lowest BCUT2D eigenvalue weighted by Gasteiger charge is -2.20. The van der Waals surface area contributed by atoms with Crippen LogP contribution in [0.3, 0.4) is 0 Å². The van der Waals surface area contributed by atoms with Gasteiger partial charge in [-0.05, 0) is 56.4 Å². The SMILES string of the molecule is Cc1cc(-c2nc3cc(CN[C@@H](C(=O)OCC(C)C)[C@@H](C)O)ccc3n2C[C@H]2CCCO2)cn(C)c1=O. The number of aromatic nitrogens is 3. The Kier molecular flexibility index (Phi) is 8.46. The zero-order valence-electron chi connectivity index (χ0n) is 22.4. The number of hydrogen-bond donors (Lipinski definition) is 2. The Morgan fingerprint density at radius 3 is 2.73 bits per heavy atom. The summed E-state index contributed by atoms with van der Waals surface area (Å²) in [4.78, 5) is 29.7. The highest BCUT2D eigenvalue weighted by Crippen LogP contribution is 2.28. The Balaban J connectivity index is 1.63. The van der Waals surface area contributed by atoms with Gasteiger partial charge in [0.2, 0.25) is 0 Å². The molecule has 3 aromatic rings. The third-order valence-electron chi connectivity index (χ3n) is 6.66. The van der Waals surface area contributed by atoms with E-state index in [-0.39, 0.29) is 17.6 Å². The van der Waals surface area contributed by atoms with Gasteiger partial charge in [0.25, 0.3) is 5.56 Å². The molecule has 3 heterocycles. The lowest BCUT2D eigenvalue weighted by molar-refractivity contribution is -0.150. The van der Waals surface area contributed by atoms with E-state index in [0.717, 1.165) is 47.4 Å². The summed E-state index contributed by atoms with van der Waals surface area (Å²) in [6.45, 7) is 9.45. The summed E-state index contributed by atoms with van der Waals surface area (Å²) >= 11 is 0. The lowest BCUT2D eigenvalue weighted by atomic mass is 10.1. The van der Waals surface area contributed by atoms with Crippen LogP contribution in [-0.2, 0) is 34.4 Å². The molecule has 9 nitrogen and oxygen atoms in total. The van der Waals surface area contributed by atoms with Crippen LogP contribution in [0.4, 0.5) is 0 Å². The molecule has 1 fully saturated rings. The fourth-order valence-electron chi connectivity index (χ4n) is 4.70. The maximum Gasteiger partial charge on any atom is 0.325 e. The van der Waals surface area contributed by atoms with Crippen LogP contribution < -0.4 is 10.9 Å². The van der Waals surface area contributed by atoms with Crippen molar-refractivity contribution in [1.29, 1.82) is 0 Å². The summed E-state index contributed by atoms with van der Waals surface area (Å²) in [5.74, 6) is 0.544. The standard InChI is InChI=1S/C28H38N4O5/c1-17(2)16-37-28(35)25(19(4)33)29-13-20-8-9-24-23(12-20)30-26(32(24)15-22-7-6-10-36-22)21-11-18(3)27(34)31(5)14-21/h8-9,11-12,14,17,19,22,25,29,33H,6-7,10,13,15-16H2,1-5H3/t19-,22-,25-/m1/s1. The fraction of sp³-hybridized carbons (Fsp3) is 0.536. The van der Waals surface area contributed by atoms with E-state index in [1.54, 1.807) is 18.5 Å². The average molecular weight is 511 g/mol. The number of hydrogen-bond acceptors (Lipinski definition) is 7. The number of benzene rings is 1. The number of imidazole rings is 1. The number of fused-ring (bicyclic) bond motifs is 1. The Bertz CT molecular complexity index is 1280. The van der Waals surface area contributed by atoms with Gasteiger partial charge in [0.15, 0.2) is 0 Å². The van der Waals surface area contributed by atoms with Gasteiger partial charge in [0, 0.05) is 37.5 Å². The van der Waals surface area contributed by atoms with Gasteiger partial charge in [0.1, 0.15) is 11.9 Å². The van der Waals surface area contributed by atoms with Gasteiger partial charge in [-0.1, -0.05) is 19.9 Å².